The Balaban J connectivity index is 2.45. The molecule has 0 spiro atoms. The average Bonchev–Trinajstić information content (AvgIpc) is 2.78. The molecule has 6 heteroatoms. The molecule has 0 aliphatic carbocycles. The Morgan fingerprint density at radius 3 is 2.75 bits per heavy atom. The minimum absolute atomic E-state index is 0.165. The molecule has 0 radical (unpaired) electrons. The molecule has 2 unspecified atom stereocenters. The number of hydrogen-bond acceptors (Lipinski definition) is 5. The molecule has 0 aromatic heterocycles. The summed E-state index contributed by atoms with van der Waals surface area (Å²) in [5.41, 5.74) is -1.10. The first-order valence-corrected chi connectivity index (χ1v) is 6.48. The van der Waals surface area contributed by atoms with Crippen LogP contribution in [0.2, 0.25) is 5.02 Å². The predicted molar refractivity (Wildman–Crippen MR) is 73.4 cm³/mol. The Morgan fingerprint density at radius 2 is 2.20 bits per heavy atom. The Kier molecular flexibility index (Phi) is 3.96. The lowest BCUT2D eigenvalue weighted by Gasteiger charge is -2.24. The fourth-order valence-electron chi connectivity index (χ4n) is 2.06. The van der Waals surface area contributed by atoms with Gasteiger partial charge >= 0.3 is 11.6 Å². The van der Waals surface area contributed by atoms with Crippen molar-refractivity contribution in [3.8, 4) is 6.07 Å². The molecule has 1 heterocycles. The van der Waals surface area contributed by atoms with Crippen molar-refractivity contribution >= 4 is 23.5 Å². The van der Waals surface area contributed by atoms with E-state index in [-0.39, 0.29) is 12.5 Å². The number of aliphatic imine (C=N–C) groups is 1. The molecule has 2 rings (SSSR count). The number of carbonyl (C=O) groups is 1. The summed E-state index contributed by atoms with van der Waals surface area (Å²) in [7, 11) is 0. The molecule has 0 bridgehead atoms. The summed E-state index contributed by atoms with van der Waals surface area (Å²) >= 11 is 5.84. The van der Waals surface area contributed by atoms with Crippen molar-refractivity contribution in [2.24, 2.45) is 4.99 Å². The summed E-state index contributed by atoms with van der Waals surface area (Å²) in [6.45, 7) is 3.43. The maximum Gasteiger partial charge on any atom is 0.368 e. The van der Waals surface area contributed by atoms with Gasteiger partial charge in [0.1, 0.15) is 12.1 Å². The molecule has 20 heavy (non-hydrogen) atoms. The summed E-state index contributed by atoms with van der Waals surface area (Å²) in [6, 6.07) is 7.92. The van der Waals surface area contributed by atoms with Crippen LogP contribution in [0.25, 0.3) is 0 Å². The summed E-state index contributed by atoms with van der Waals surface area (Å²) < 4.78 is 10.3. The highest BCUT2D eigenvalue weighted by molar-refractivity contribution is 6.30. The van der Waals surface area contributed by atoms with E-state index in [1.807, 2.05) is 6.07 Å². The lowest BCUT2D eigenvalue weighted by atomic mass is 9.90. The predicted octanol–water partition coefficient (Wildman–Crippen LogP) is 2.66. The van der Waals surface area contributed by atoms with Gasteiger partial charge in [-0.25, -0.2) is 9.79 Å². The first-order valence-electron chi connectivity index (χ1n) is 6.11. The van der Waals surface area contributed by atoms with Crippen LogP contribution in [-0.4, -0.2) is 24.1 Å². The van der Waals surface area contributed by atoms with Crippen LogP contribution in [0.1, 0.15) is 25.5 Å². The molecule has 0 saturated heterocycles. The molecule has 0 saturated carbocycles. The molecule has 0 amide bonds. The van der Waals surface area contributed by atoms with E-state index in [1.165, 1.54) is 0 Å². The van der Waals surface area contributed by atoms with Crippen LogP contribution in [0.3, 0.4) is 0 Å². The van der Waals surface area contributed by atoms with Crippen LogP contribution in [-0.2, 0) is 14.3 Å². The van der Waals surface area contributed by atoms with Gasteiger partial charge in [-0.15, -0.1) is 0 Å². The van der Waals surface area contributed by atoms with Gasteiger partial charge < -0.3 is 9.47 Å². The smallest absolute Gasteiger partial charge is 0.368 e. The minimum atomic E-state index is -1.77. The van der Waals surface area contributed by atoms with Crippen molar-refractivity contribution < 1.29 is 14.3 Å². The summed E-state index contributed by atoms with van der Waals surface area (Å²) in [5, 5.41) is 10.0. The number of nitriles is 1. The number of benzene rings is 1. The van der Waals surface area contributed by atoms with Crippen molar-refractivity contribution in [1.82, 2.24) is 0 Å². The zero-order valence-electron chi connectivity index (χ0n) is 11.1. The number of ether oxygens (including phenoxy) is 2. The third kappa shape index (κ3) is 2.35. The van der Waals surface area contributed by atoms with Gasteiger partial charge in [0.15, 0.2) is 5.90 Å². The van der Waals surface area contributed by atoms with Gasteiger partial charge in [-0.2, -0.15) is 5.26 Å². The summed E-state index contributed by atoms with van der Waals surface area (Å²) in [4.78, 5) is 16.4. The van der Waals surface area contributed by atoms with Gasteiger partial charge in [0.25, 0.3) is 0 Å². The third-order valence-electron chi connectivity index (χ3n) is 2.94. The molecule has 1 aromatic carbocycles. The third-order valence-corrected chi connectivity index (χ3v) is 3.19. The van der Waals surface area contributed by atoms with E-state index in [9.17, 15) is 10.1 Å². The van der Waals surface area contributed by atoms with Crippen LogP contribution in [0.5, 0.6) is 0 Å². The van der Waals surface area contributed by atoms with Crippen molar-refractivity contribution in [2.75, 3.05) is 6.61 Å². The Hall–Kier alpha value is -2.06. The second-order valence-corrected chi connectivity index (χ2v) is 4.71. The number of rotatable bonds is 3. The molecule has 1 aliphatic heterocycles. The highest BCUT2D eigenvalue weighted by Gasteiger charge is 2.55. The molecule has 1 aliphatic rings. The van der Waals surface area contributed by atoms with Crippen molar-refractivity contribution in [3.05, 3.63) is 34.9 Å². The van der Waals surface area contributed by atoms with E-state index in [1.54, 1.807) is 38.1 Å². The molecular weight excluding hydrogens is 280 g/mol. The molecule has 2 atom stereocenters. The van der Waals surface area contributed by atoms with Gasteiger partial charge in [-0.3, -0.25) is 0 Å². The van der Waals surface area contributed by atoms with E-state index >= 15 is 0 Å². The summed E-state index contributed by atoms with van der Waals surface area (Å²) in [5.74, 6) is -0.456. The number of hydrogen-bond donors (Lipinski definition) is 0. The van der Waals surface area contributed by atoms with Gasteiger partial charge in [-0.1, -0.05) is 23.7 Å². The molecule has 1 aromatic rings. The molecule has 0 fully saturated rings. The van der Waals surface area contributed by atoms with Crippen molar-refractivity contribution in [1.29, 1.82) is 5.26 Å². The molecular formula is C14H13ClN2O3. The van der Waals surface area contributed by atoms with Crippen molar-refractivity contribution in [3.63, 3.8) is 0 Å². The quantitative estimate of drug-likeness (QED) is 0.803. The lowest BCUT2D eigenvalue weighted by molar-refractivity contribution is -0.158. The zero-order valence-corrected chi connectivity index (χ0v) is 11.8. The number of halogens is 1. The Morgan fingerprint density at radius 1 is 1.55 bits per heavy atom. The monoisotopic (exact) mass is 292 g/mol. The van der Waals surface area contributed by atoms with E-state index < -0.39 is 17.6 Å². The standard InChI is InChI=1S/C14H13ClN2O3/c1-3-19-13(18)14(8-16)12(17-9(2)20-14)10-4-6-11(15)7-5-10/h4-7,12H,3H2,1-2H3. The van der Waals surface area contributed by atoms with E-state index in [0.29, 0.717) is 10.6 Å². The fourth-order valence-corrected chi connectivity index (χ4v) is 2.19. The highest BCUT2D eigenvalue weighted by Crippen LogP contribution is 2.39. The number of carbonyl (C=O) groups excluding carboxylic acids is 1. The molecule has 5 nitrogen and oxygen atoms in total. The lowest BCUT2D eigenvalue weighted by Crippen LogP contribution is -2.44. The minimum Gasteiger partial charge on any atom is -0.462 e. The number of nitrogens with zero attached hydrogens (tertiary/aromatic N) is 2. The normalized spacial score (nSPS) is 24.5. The van der Waals surface area contributed by atoms with Gasteiger partial charge in [0.2, 0.25) is 0 Å². The van der Waals surface area contributed by atoms with Gasteiger partial charge in [0, 0.05) is 11.9 Å². The fraction of sp³-hybridized carbons (Fsp3) is 0.357. The maximum atomic E-state index is 12.1. The van der Waals surface area contributed by atoms with E-state index in [4.69, 9.17) is 21.1 Å². The van der Waals surface area contributed by atoms with Gasteiger partial charge in [-0.05, 0) is 24.6 Å². The van der Waals surface area contributed by atoms with Crippen LogP contribution >= 0.6 is 11.6 Å². The van der Waals surface area contributed by atoms with Crippen LogP contribution < -0.4 is 0 Å². The summed E-state index contributed by atoms with van der Waals surface area (Å²) in [6.07, 6.45) is 0. The number of esters is 1. The Bertz CT molecular complexity index is 591. The highest BCUT2D eigenvalue weighted by atomic mass is 35.5. The second-order valence-electron chi connectivity index (χ2n) is 4.27. The SMILES string of the molecule is CCOC(=O)C1(C#N)OC(C)=NC1c1ccc(Cl)cc1. The zero-order chi connectivity index (χ0) is 14.8. The Labute approximate surface area is 121 Å². The van der Waals surface area contributed by atoms with Crippen LogP contribution in [0, 0.1) is 11.3 Å². The second kappa shape index (κ2) is 5.51. The van der Waals surface area contributed by atoms with Crippen LogP contribution in [0.15, 0.2) is 29.3 Å². The van der Waals surface area contributed by atoms with E-state index in [2.05, 4.69) is 4.99 Å². The van der Waals surface area contributed by atoms with Crippen LogP contribution in [0.4, 0.5) is 0 Å². The van der Waals surface area contributed by atoms with Gasteiger partial charge in [0.05, 0.1) is 6.61 Å². The largest absolute Gasteiger partial charge is 0.462 e. The maximum absolute atomic E-state index is 12.1. The average molecular weight is 293 g/mol. The molecule has 0 N–H and O–H groups in total. The molecule has 104 valence electrons. The topological polar surface area (TPSA) is 71.7 Å². The van der Waals surface area contributed by atoms with Crippen molar-refractivity contribution in [2.45, 2.75) is 25.5 Å². The first kappa shape index (κ1) is 14.4. The first-order chi connectivity index (χ1) is 9.53. The van der Waals surface area contributed by atoms with E-state index in [0.717, 1.165) is 0 Å².